The molecule has 1 aromatic carbocycles. The van der Waals surface area contributed by atoms with Crippen molar-refractivity contribution in [1.82, 2.24) is 4.98 Å². The van der Waals surface area contributed by atoms with Crippen LogP contribution < -0.4 is 18.9 Å². The van der Waals surface area contributed by atoms with Gasteiger partial charge in [-0.2, -0.15) is 0 Å². The second kappa shape index (κ2) is 7.45. The molecule has 0 atom stereocenters. The molecule has 88 valence electrons. The van der Waals surface area contributed by atoms with Crippen LogP contribution in [0.4, 0.5) is 10.2 Å². The second-order valence-electron chi connectivity index (χ2n) is 3.17. The van der Waals surface area contributed by atoms with Crippen LogP contribution in [0.2, 0.25) is 0 Å². The molecule has 0 aliphatic rings. The fraction of sp³-hybridized carbons (Fsp3) is 0.167. The van der Waals surface area contributed by atoms with E-state index in [0.717, 1.165) is 10.2 Å². The molecule has 6 heteroatoms. The summed E-state index contributed by atoms with van der Waals surface area (Å²) >= 11 is 0.0118. The summed E-state index contributed by atoms with van der Waals surface area (Å²) < 4.78 is 5.66. The first-order valence-corrected chi connectivity index (χ1v) is 7.03. The summed E-state index contributed by atoms with van der Waals surface area (Å²) in [4.78, 5) is 15.6. The molecule has 0 fully saturated rings. The molecule has 0 saturated heterocycles. The summed E-state index contributed by atoms with van der Waals surface area (Å²) in [6.07, 6.45) is 0. The number of benzene rings is 1. The van der Waals surface area contributed by atoms with Crippen LogP contribution in [-0.2, 0) is 4.74 Å². The smallest absolute Gasteiger partial charge is 1.00 e. The number of nitrogens with zero attached hydrogens (tertiary/aromatic N) is 2. The first kappa shape index (κ1) is 15.1. The molecule has 1 heterocycles. The Morgan fingerprint density at radius 3 is 2.78 bits per heavy atom. The summed E-state index contributed by atoms with van der Waals surface area (Å²) in [6.45, 7) is 2.12. The van der Waals surface area contributed by atoms with Crippen LogP contribution >= 0.6 is 0 Å². The van der Waals surface area contributed by atoms with Crippen LogP contribution in [0.5, 0.6) is 0 Å². The van der Waals surface area contributed by atoms with E-state index < -0.39 is 5.97 Å². The van der Waals surface area contributed by atoms with Gasteiger partial charge in [0.05, 0.1) is 0 Å². The van der Waals surface area contributed by atoms with Gasteiger partial charge in [-0.15, -0.1) is 0 Å². The number of para-hydroxylation sites is 1. The van der Waals surface area contributed by atoms with E-state index in [9.17, 15) is 4.79 Å². The number of esters is 1. The first-order chi connectivity index (χ1) is 8.31. The first-order valence-electron chi connectivity index (χ1n) is 5.18. The Kier molecular flexibility index (Phi) is 6.24. The van der Waals surface area contributed by atoms with Crippen molar-refractivity contribution in [1.29, 1.82) is 0 Å². The maximum atomic E-state index is 11.6. The van der Waals surface area contributed by atoms with Crippen molar-refractivity contribution in [3.05, 3.63) is 46.4 Å². The fourth-order valence-electron chi connectivity index (χ4n) is 1.28. The minimum absolute atomic E-state index is 0. The third-order valence-corrected chi connectivity index (χ3v) is 3.51. The van der Waals surface area contributed by atoms with Crippen molar-refractivity contribution in [2.45, 2.75) is 6.92 Å². The predicted octanol–water partition coefficient (Wildman–Crippen LogP) is -0.344. The summed E-state index contributed by atoms with van der Waals surface area (Å²) in [5, 5.41) is 6.16. The number of rotatable bonds is 4. The molecule has 2 rings (SSSR count). The van der Waals surface area contributed by atoms with Crippen molar-refractivity contribution in [3.8, 4) is 0 Å². The van der Waals surface area contributed by atoms with E-state index in [0.29, 0.717) is 12.3 Å². The van der Waals surface area contributed by atoms with E-state index in [1.807, 2.05) is 30.3 Å². The summed E-state index contributed by atoms with van der Waals surface area (Å²) in [5.74, 6) is -0.391. The molecule has 0 spiro atoms. The average molecular weight is 301 g/mol. The van der Waals surface area contributed by atoms with Gasteiger partial charge in [0.2, 0.25) is 0 Å². The van der Waals surface area contributed by atoms with Gasteiger partial charge in [0.15, 0.2) is 0 Å². The Morgan fingerprint density at radius 1 is 1.39 bits per heavy atom. The minimum atomic E-state index is -0.391. The molecule has 0 radical (unpaired) electrons. The maximum Gasteiger partial charge on any atom is 1.00 e. The Bertz CT molecular complexity index is 502. The van der Waals surface area contributed by atoms with Gasteiger partial charge < -0.3 is 0 Å². The van der Waals surface area contributed by atoms with Gasteiger partial charge in [-0.1, -0.05) is 0 Å². The number of hydrogen-bond donors (Lipinski definition) is 0. The Hall–Kier alpha value is -0.983. The van der Waals surface area contributed by atoms with Crippen LogP contribution in [-0.4, -0.2) is 32.1 Å². The molecule has 0 saturated carbocycles. The van der Waals surface area contributed by atoms with Gasteiger partial charge in [0, 0.05) is 0 Å². The van der Waals surface area contributed by atoms with Crippen molar-refractivity contribution in [3.63, 3.8) is 0 Å². The normalized spacial score (nSPS) is 9.39. The third kappa shape index (κ3) is 3.76. The number of carbonyl (C=O) groups is 1. The maximum absolute atomic E-state index is 11.6. The van der Waals surface area contributed by atoms with Crippen LogP contribution in [0.15, 0.2) is 35.4 Å². The van der Waals surface area contributed by atoms with Gasteiger partial charge >= 0.3 is 124 Å². The van der Waals surface area contributed by atoms with E-state index in [1.165, 1.54) is 0 Å². The molecule has 0 unspecified atom stereocenters. The molecule has 0 aliphatic carbocycles. The standard InChI is InChI=1S/C12H12N2O2Se.Li/c1-2-16-12(15)10-11(17-8-13-10)14-9-6-4-3-5-7-9;/h3-8H,2H2,1H3,(H,14,15);/q;+1/p-1. The van der Waals surface area contributed by atoms with E-state index >= 15 is 0 Å². The van der Waals surface area contributed by atoms with Gasteiger partial charge in [0.25, 0.3) is 0 Å². The summed E-state index contributed by atoms with van der Waals surface area (Å²) in [7, 11) is 0. The number of ether oxygens (including phenoxy) is 1. The molecule has 1 aromatic heterocycles. The predicted molar refractivity (Wildman–Crippen MR) is 66.3 cm³/mol. The minimum Gasteiger partial charge on any atom is 1.00 e. The molecular weight excluding hydrogens is 290 g/mol. The summed E-state index contributed by atoms with van der Waals surface area (Å²) in [6, 6.07) is 9.53. The van der Waals surface area contributed by atoms with Gasteiger partial charge in [-0.3, -0.25) is 0 Å². The van der Waals surface area contributed by atoms with Crippen molar-refractivity contribution >= 4 is 30.7 Å². The quantitative estimate of drug-likeness (QED) is 0.573. The van der Waals surface area contributed by atoms with Gasteiger partial charge in [0.1, 0.15) is 0 Å². The molecule has 4 nitrogen and oxygen atoms in total. The van der Waals surface area contributed by atoms with Crippen molar-refractivity contribution < 1.29 is 28.4 Å². The molecule has 0 aliphatic heterocycles. The van der Waals surface area contributed by atoms with Crippen LogP contribution in [0.3, 0.4) is 0 Å². The summed E-state index contributed by atoms with van der Waals surface area (Å²) in [5.41, 5.74) is 1.17. The second-order valence-corrected chi connectivity index (χ2v) is 4.92. The Morgan fingerprint density at radius 2 is 2.11 bits per heavy atom. The number of aromatic nitrogens is 1. The Labute approximate surface area is 124 Å². The molecule has 18 heavy (non-hydrogen) atoms. The van der Waals surface area contributed by atoms with E-state index in [1.54, 1.807) is 12.0 Å². The van der Waals surface area contributed by atoms with E-state index in [4.69, 9.17) is 4.74 Å². The zero-order valence-electron chi connectivity index (χ0n) is 10.3. The largest absolute Gasteiger partial charge is 1.00 e. The zero-order valence-corrected chi connectivity index (χ0v) is 12.0. The molecule has 0 amide bonds. The van der Waals surface area contributed by atoms with Gasteiger partial charge in [-0.05, 0) is 0 Å². The van der Waals surface area contributed by atoms with E-state index in [-0.39, 0.29) is 33.4 Å². The zero-order chi connectivity index (χ0) is 12.1. The van der Waals surface area contributed by atoms with Crippen molar-refractivity contribution in [2.75, 3.05) is 6.61 Å². The van der Waals surface area contributed by atoms with Crippen LogP contribution in [0, 0.1) is 0 Å². The van der Waals surface area contributed by atoms with E-state index in [2.05, 4.69) is 10.3 Å². The SMILES string of the molecule is CCOC(=O)c1nc[se]c1[N-]c1ccccc1.[Li+]. The topological polar surface area (TPSA) is 53.3 Å². The third-order valence-electron chi connectivity index (χ3n) is 2.00. The monoisotopic (exact) mass is 302 g/mol. The van der Waals surface area contributed by atoms with Crippen molar-refractivity contribution in [2.24, 2.45) is 0 Å². The average Bonchev–Trinajstić information content (AvgIpc) is 2.79. The Balaban J connectivity index is 0.00000162. The van der Waals surface area contributed by atoms with Crippen LogP contribution in [0.25, 0.3) is 5.32 Å². The number of hydrogen-bond acceptors (Lipinski definition) is 3. The molecule has 2 aromatic rings. The van der Waals surface area contributed by atoms with Crippen LogP contribution in [0.1, 0.15) is 17.4 Å². The number of carbonyl (C=O) groups excluding carboxylic acids is 1. The fourth-order valence-corrected chi connectivity index (χ4v) is 2.67. The molecule has 0 N–H and O–H groups in total. The molecular formula is C12H11LiN2O2Se. The molecule has 0 bridgehead atoms. The van der Waals surface area contributed by atoms with Gasteiger partial charge in [-0.25, -0.2) is 0 Å².